The molecule has 2 aromatic carbocycles. The molecule has 156 valence electrons. The number of benzene rings is 2. The van der Waals surface area contributed by atoms with Gasteiger partial charge in [-0.3, -0.25) is 0 Å². The van der Waals surface area contributed by atoms with Gasteiger partial charge in [0, 0.05) is 12.6 Å². The molecule has 0 atom stereocenters. The van der Waals surface area contributed by atoms with Gasteiger partial charge in [-0.2, -0.15) is 0 Å². The number of hydrogen-bond donors (Lipinski definition) is 3. The number of rotatable bonds is 8. The Kier molecular flexibility index (Phi) is 7.71. The Labute approximate surface area is 173 Å². The first-order chi connectivity index (χ1) is 13.8. The molecule has 0 radical (unpaired) electrons. The van der Waals surface area contributed by atoms with Gasteiger partial charge in [0.05, 0.1) is 5.56 Å². The minimum atomic E-state index is -0.572. The van der Waals surface area contributed by atoms with Crippen molar-refractivity contribution in [1.82, 2.24) is 5.32 Å². The number of carbonyl (C=O) groups is 1. The number of aryl methyl sites for hydroxylation is 2. The highest BCUT2D eigenvalue weighted by atomic mass is 16.5. The standard InChI is InChI=1S/C24H31NO4/c1-6-7-8-9-17-13-21(26)22(23(27)20(17)14-29-24(28)25-5)19-12-16(4)10-11-18(19)15(2)3/h10-13,26-27H,2,6-9,14H2,1,3-5H3,(H,25,28). The number of allylic oxidation sites excluding steroid dienone is 1. The summed E-state index contributed by atoms with van der Waals surface area (Å²) < 4.78 is 5.23. The smallest absolute Gasteiger partial charge is 0.407 e. The lowest BCUT2D eigenvalue weighted by atomic mass is 9.89. The van der Waals surface area contributed by atoms with E-state index in [1.165, 1.54) is 7.05 Å². The second-order valence-electron chi connectivity index (χ2n) is 7.37. The van der Waals surface area contributed by atoms with Gasteiger partial charge in [-0.25, -0.2) is 4.79 Å². The van der Waals surface area contributed by atoms with Gasteiger partial charge in [0.25, 0.3) is 0 Å². The van der Waals surface area contributed by atoms with Crippen molar-refractivity contribution in [3.63, 3.8) is 0 Å². The molecule has 5 heteroatoms. The van der Waals surface area contributed by atoms with Crippen LogP contribution < -0.4 is 5.32 Å². The Bertz CT molecular complexity index is 902. The van der Waals surface area contributed by atoms with Crippen molar-refractivity contribution in [1.29, 1.82) is 0 Å². The largest absolute Gasteiger partial charge is 0.507 e. The lowest BCUT2D eigenvalue weighted by Crippen LogP contribution is -2.19. The molecule has 0 saturated carbocycles. The SMILES string of the molecule is C=C(C)c1ccc(C)cc1-c1c(O)cc(CCCCC)c(COC(=O)NC)c1O. The highest BCUT2D eigenvalue weighted by Crippen LogP contribution is 2.44. The molecule has 0 aliphatic rings. The zero-order chi connectivity index (χ0) is 21.6. The van der Waals surface area contributed by atoms with Crippen molar-refractivity contribution >= 4 is 11.7 Å². The molecule has 0 fully saturated rings. The summed E-state index contributed by atoms with van der Waals surface area (Å²) in [6.45, 7) is 9.90. The van der Waals surface area contributed by atoms with E-state index >= 15 is 0 Å². The van der Waals surface area contributed by atoms with Gasteiger partial charge in [-0.1, -0.05) is 55.7 Å². The highest BCUT2D eigenvalue weighted by molar-refractivity contribution is 5.87. The number of phenols is 2. The van der Waals surface area contributed by atoms with Crippen molar-refractivity contribution in [2.75, 3.05) is 7.05 Å². The van der Waals surface area contributed by atoms with Crippen molar-refractivity contribution in [3.05, 3.63) is 53.1 Å². The summed E-state index contributed by atoms with van der Waals surface area (Å²) in [7, 11) is 1.48. The Balaban J connectivity index is 2.63. The molecule has 2 rings (SSSR count). The fraction of sp³-hybridized carbons (Fsp3) is 0.375. The van der Waals surface area contributed by atoms with E-state index in [0.717, 1.165) is 41.5 Å². The van der Waals surface area contributed by atoms with Gasteiger partial charge in [0.2, 0.25) is 0 Å². The molecule has 0 aliphatic heterocycles. The van der Waals surface area contributed by atoms with Gasteiger partial charge in [0.15, 0.2) is 0 Å². The quantitative estimate of drug-likeness (QED) is 0.500. The third-order valence-corrected chi connectivity index (χ3v) is 4.98. The van der Waals surface area contributed by atoms with E-state index < -0.39 is 6.09 Å². The molecule has 0 bridgehead atoms. The van der Waals surface area contributed by atoms with Crippen LogP contribution in [0.5, 0.6) is 11.5 Å². The summed E-state index contributed by atoms with van der Waals surface area (Å²) in [5, 5.41) is 24.4. The minimum absolute atomic E-state index is 0.00536. The van der Waals surface area contributed by atoms with Crippen molar-refractivity contribution in [2.45, 2.75) is 53.1 Å². The zero-order valence-electron chi connectivity index (χ0n) is 17.8. The van der Waals surface area contributed by atoms with Crippen LogP contribution in [0.2, 0.25) is 0 Å². The molecule has 0 aliphatic carbocycles. The second kappa shape index (κ2) is 10.0. The molecular weight excluding hydrogens is 366 g/mol. The molecular formula is C24H31NO4. The number of unbranched alkanes of at least 4 members (excludes halogenated alkanes) is 2. The molecule has 0 spiro atoms. The van der Waals surface area contributed by atoms with Crippen LogP contribution in [0.1, 0.15) is 55.4 Å². The maximum Gasteiger partial charge on any atom is 0.407 e. The Morgan fingerprint density at radius 1 is 1.21 bits per heavy atom. The van der Waals surface area contributed by atoms with E-state index in [2.05, 4.69) is 18.8 Å². The summed E-state index contributed by atoms with van der Waals surface area (Å²) in [4.78, 5) is 11.6. The number of nitrogens with one attached hydrogen (secondary N) is 1. The number of carbonyl (C=O) groups excluding carboxylic acids is 1. The fourth-order valence-corrected chi connectivity index (χ4v) is 3.41. The third kappa shape index (κ3) is 5.31. The number of amides is 1. The lowest BCUT2D eigenvalue weighted by Gasteiger charge is -2.19. The van der Waals surface area contributed by atoms with Crippen molar-refractivity contribution < 1.29 is 19.7 Å². The Morgan fingerprint density at radius 2 is 1.93 bits per heavy atom. The van der Waals surface area contributed by atoms with Crippen molar-refractivity contribution in [2.24, 2.45) is 0 Å². The fourth-order valence-electron chi connectivity index (χ4n) is 3.41. The summed E-state index contributed by atoms with van der Waals surface area (Å²) in [6, 6.07) is 7.49. The monoisotopic (exact) mass is 397 g/mol. The highest BCUT2D eigenvalue weighted by Gasteiger charge is 2.22. The van der Waals surface area contributed by atoms with E-state index in [1.54, 1.807) is 6.07 Å². The predicted octanol–water partition coefficient (Wildman–Crippen LogP) is 5.70. The third-order valence-electron chi connectivity index (χ3n) is 4.98. The van der Waals surface area contributed by atoms with Crippen LogP contribution in [-0.4, -0.2) is 23.4 Å². The number of aromatic hydroxyl groups is 2. The first-order valence-corrected chi connectivity index (χ1v) is 9.98. The maximum atomic E-state index is 11.6. The summed E-state index contributed by atoms with van der Waals surface area (Å²) in [6.07, 6.45) is 3.13. The van der Waals surface area contributed by atoms with E-state index in [4.69, 9.17) is 4.74 Å². The summed E-state index contributed by atoms with van der Waals surface area (Å²) in [5.74, 6) is -0.0562. The average molecular weight is 398 g/mol. The van der Waals surface area contributed by atoms with Gasteiger partial charge in [-0.05, 0) is 49.4 Å². The predicted molar refractivity (Wildman–Crippen MR) is 117 cm³/mol. The Morgan fingerprint density at radius 3 is 2.55 bits per heavy atom. The van der Waals surface area contributed by atoms with Crippen molar-refractivity contribution in [3.8, 4) is 22.6 Å². The number of alkyl carbamates (subject to hydrolysis) is 1. The molecule has 2 aromatic rings. The van der Waals surface area contributed by atoms with Gasteiger partial charge < -0.3 is 20.3 Å². The summed E-state index contributed by atoms with van der Waals surface area (Å²) >= 11 is 0. The lowest BCUT2D eigenvalue weighted by molar-refractivity contribution is 0.140. The van der Waals surface area contributed by atoms with Crippen LogP contribution in [0, 0.1) is 6.92 Å². The van der Waals surface area contributed by atoms with Gasteiger partial charge in [-0.15, -0.1) is 0 Å². The van der Waals surface area contributed by atoms with Crippen LogP contribution in [-0.2, 0) is 17.8 Å². The number of hydrogen-bond acceptors (Lipinski definition) is 4. The first kappa shape index (κ1) is 22.3. The molecule has 0 heterocycles. The molecule has 0 saturated heterocycles. The van der Waals surface area contributed by atoms with Crippen LogP contribution >= 0.6 is 0 Å². The van der Waals surface area contributed by atoms with Crippen LogP contribution in [0.4, 0.5) is 4.79 Å². The van der Waals surface area contributed by atoms with E-state index in [-0.39, 0.29) is 18.1 Å². The molecule has 0 aromatic heterocycles. The van der Waals surface area contributed by atoms with E-state index in [9.17, 15) is 15.0 Å². The molecule has 5 nitrogen and oxygen atoms in total. The molecule has 3 N–H and O–H groups in total. The van der Waals surface area contributed by atoms with Gasteiger partial charge in [0.1, 0.15) is 18.1 Å². The van der Waals surface area contributed by atoms with E-state index in [0.29, 0.717) is 23.1 Å². The van der Waals surface area contributed by atoms with Gasteiger partial charge >= 0.3 is 6.09 Å². The Hall–Kier alpha value is -2.95. The van der Waals surface area contributed by atoms with Crippen LogP contribution in [0.3, 0.4) is 0 Å². The normalized spacial score (nSPS) is 10.6. The van der Waals surface area contributed by atoms with E-state index in [1.807, 2.05) is 32.0 Å². The number of phenolic OH excluding ortho intramolecular Hbond substituents is 2. The average Bonchev–Trinajstić information content (AvgIpc) is 2.67. The number of ether oxygens (including phenoxy) is 1. The zero-order valence-corrected chi connectivity index (χ0v) is 17.8. The first-order valence-electron chi connectivity index (χ1n) is 9.98. The summed E-state index contributed by atoms with van der Waals surface area (Å²) in [5.41, 5.74) is 5.01. The molecule has 0 unspecified atom stereocenters. The molecule has 29 heavy (non-hydrogen) atoms. The van der Waals surface area contributed by atoms with Crippen LogP contribution in [0.25, 0.3) is 16.7 Å². The second-order valence-corrected chi connectivity index (χ2v) is 7.37. The van der Waals surface area contributed by atoms with Crippen LogP contribution in [0.15, 0.2) is 30.8 Å². The molecule has 1 amide bonds. The maximum absolute atomic E-state index is 11.6. The minimum Gasteiger partial charge on any atom is -0.507 e. The topological polar surface area (TPSA) is 78.8 Å².